The minimum absolute atomic E-state index is 0. The van der Waals surface area contributed by atoms with Crippen molar-refractivity contribution in [2.75, 3.05) is 19.3 Å². The fourth-order valence-electron chi connectivity index (χ4n) is 2.20. The molecule has 1 amide bonds. The molecule has 1 heterocycles. The van der Waals surface area contributed by atoms with E-state index in [4.69, 9.17) is 0 Å². The summed E-state index contributed by atoms with van der Waals surface area (Å²) in [5.74, 6) is 1.22. The van der Waals surface area contributed by atoms with E-state index in [1.165, 1.54) is 10.5 Å². The van der Waals surface area contributed by atoms with Crippen molar-refractivity contribution in [3.8, 4) is 0 Å². The third-order valence-corrected chi connectivity index (χ3v) is 4.36. The Hall–Kier alpha value is -0.710. The van der Waals surface area contributed by atoms with Crippen LogP contribution in [-0.2, 0) is 4.79 Å². The highest BCUT2D eigenvalue weighted by molar-refractivity contribution is 7.99. The lowest BCUT2D eigenvalue weighted by Crippen LogP contribution is -2.37. The second-order valence-electron chi connectivity index (χ2n) is 4.69. The van der Waals surface area contributed by atoms with Gasteiger partial charge in [0.2, 0.25) is 5.91 Å². The van der Waals surface area contributed by atoms with Gasteiger partial charge in [0.15, 0.2) is 0 Å². The predicted molar refractivity (Wildman–Crippen MR) is 83.0 cm³/mol. The molecule has 0 aliphatic carbocycles. The average Bonchev–Trinajstić information content (AvgIpc) is 2.39. The van der Waals surface area contributed by atoms with Gasteiger partial charge in [-0.05, 0) is 25.1 Å². The van der Waals surface area contributed by atoms with Crippen LogP contribution >= 0.6 is 24.2 Å². The van der Waals surface area contributed by atoms with Gasteiger partial charge in [-0.25, -0.2) is 0 Å². The molecule has 0 fully saturated rings. The van der Waals surface area contributed by atoms with Gasteiger partial charge >= 0.3 is 0 Å². The van der Waals surface area contributed by atoms with Crippen molar-refractivity contribution >= 4 is 30.1 Å². The lowest BCUT2D eigenvalue weighted by atomic mass is 10.0. The zero-order valence-electron chi connectivity index (χ0n) is 11.3. The molecule has 1 aliphatic heterocycles. The summed E-state index contributed by atoms with van der Waals surface area (Å²) < 4.78 is 0. The average molecular weight is 301 g/mol. The number of fused-ring (bicyclic) bond motifs is 1. The molecule has 5 heteroatoms. The van der Waals surface area contributed by atoms with E-state index in [9.17, 15) is 4.79 Å². The van der Waals surface area contributed by atoms with Gasteiger partial charge in [-0.15, -0.1) is 24.2 Å². The summed E-state index contributed by atoms with van der Waals surface area (Å²) in [4.78, 5) is 13.4. The highest BCUT2D eigenvalue weighted by atomic mass is 35.5. The Kier molecular flexibility index (Phi) is 6.69. The van der Waals surface area contributed by atoms with Gasteiger partial charge in [-0.1, -0.05) is 25.1 Å². The van der Waals surface area contributed by atoms with Crippen LogP contribution in [0.15, 0.2) is 29.2 Å². The first kappa shape index (κ1) is 16.3. The van der Waals surface area contributed by atoms with Crippen molar-refractivity contribution in [3.05, 3.63) is 29.8 Å². The van der Waals surface area contributed by atoms with Crippen LogP contribution < -0.4 is 10.6 Å². The number of carbonyl (C=O) groups excluding carboxylic acids is 1. The monoisotopic (exact) mass is 300 g/mol. The highest BCUT2D eigenvalue weighted by Crippen LogP contribution is 2.35. The Morgan fingerprint density at radius 2 is 2.21 bits per heavy atom. The molecular weight excluding hydrogens is 280 g/mol. The largest absolute Gasteiger partial charge is 0.349 e. The molecule has 0 saturated carbocycles. The third kappa shape index (κ3) is 4.13. The van der Waals surface area contributed by atoms with Gasteiger partial charge in [0.05, 0.1) is 6.04 Å². The van der Waals surface area contributed by atoms with E-state index in [1.54, 1.807) is 0 Å². The number of halogens is 1. The molecule has 1 aliphatic rings. The van der Waals surface area contributed by atoms with E-state index in [2.05, 4.69) is 28.8 Å². The number of thioether (sulfide) groups is 1. The van der Waals surface area contributed by atoms with Crippen LogP contribution in [-0.4, -0.2) is 25.3 Å². The maximum Gasteiger partial charge on any atom is 0.224 e. The minimum Gasteiger partial charge on any atom is -0.349 e. The number of nitrogens with one attached hydrogen (secondary N) is 2. The van der Waals surface area contributed by atoms with E-state index in [0.717, 1.165) is 18.7 Å². The zero-order chi connectivity index (χ0) is 13.0. The van der Waals surface area contributed by atoms with Crippen LogP contribution in [0.4, 0.5) is 0 Å². The first-order valence-corrected chi connectivity index (χ1v) is 7.37. The normalized spacial score (nSPS) is 18.9. The molecule has 0 spiro atoms. The maximum absolute atomic E-state index is 12.1. The van der Waals surface area contributed by atoms with E-state index in [-0.39, 0.29) is 30.3 Å². The molecule has 2 rings (SSSR count). The molecule has 2 unspecified atom stereocenters. The third-order valence-electron chi connectivity index (χ3n) is 3.23. The van der Waals surface area contributed by atoms with E-state index < -0.39 is 0 Å². The molecule has 2 N–H and O–H groups in total. The van der Waals surface area contributed by atoms with Crippen molar-refractivity contribution in [1.29, 1.82) is 0 Å². The summed E-state index contributed by atoms with van der Waals surface area (Å²) in [7, 11) is 1.87. The molecule has 0 saturated heterocycles. The van der Waals surface area contributed by atoms with Crippen molar-refractivity contribution < 1.29 is 4.79 Å². The maximum atomic E-state index is 12.1. The Balaban J connectivity index is 0.00000180. The van der Waals surface area contributed by atoms with E-state index in [0.29, 0.717) is 0 Å². The molecule has 3 nitrogen and oxygen atoms in total. The van der Waals surface area contributed by atoms with Crippen LogP contribution in [0.5, 0.6) is 0 Å². The van der Waals surface area contributed by atoms with Crippen LogP contribution in [0.3, 0.4) is 0 Å². The molecule has 2 atom stereocenters. The molecule has 1 aromatic rings. The summed E-state index contributed by atoms with van der Waals surface area (Å²) in [6.07, 6.45) is 1.01. The van der Waals surface area contributed by atoms with E-state index >= 15 is 0 Å². The fourth-order valence-corrected chi connectivity index (χ4v) is 3.33. The fraction of sp³-hybridized carbons (Fsp3) is 0.500. The van der Waals surface area contributed by atoms with Crippen LogP contribution in [0.25, 0.3) is 0 Å². The first-order valence-electron chi connectivity index (χ1n) is 6.39. The SMILES string of the molecule is CNCC(C)C(=O)NC1CCSc2ccccc21.Cl. The van der Waals surface area contributed by atoms with Crippen LogP contribution in [0.1, 0.15) is 24.9 Å². The lowest BCUT2D eigenvalue weighted by molar-refractivity contribution is -0.125. The number of benzene rings is 1. The number of amides is 1. The van der Waals surface area contributed by atoms with Gasteiger partial charge in [0.25, 0.3) is 0 Å². The smallest absolute Gasteiger partial charge is 0.224 e. The second kappa shape index (κ2) is 7.78. The van der Waals surface area contributed by atoms with Crippen LogP contribution in [0, 0.1) is 5.92 Å². The summed E-state index contributed by atoms with van der Waals surface area (Å²) >= 11 is 1.87. The molecule has 19 heavy (non-hydrogen) atoms. The van der Waals surface area contributed by atoms with Crippen molar-refractivity contribution in [2.45, 2.75) is 24.3 Å². The van der Waals surface area contributed by atoms with E-state index in [1.807, 2.05) is 31.8 Å². The lowest BCUT2D eigenvalue weighted by Gasteiger charge is -2.27. The molecule has 0 radical (unpaired) electrons. The molecule has 106 valence electrons. The summed E-state index contributed by atoms with van der Waals surface area (Å²) in [5, 5.41) is 6.21. The van der Waals surface area contributed by atoms with Crippen molar-refractivity contribution in [1.82, 2.24) is 10.6 Å². The van der Waals surface area contributed by atoms with Gasteiger partial charge < -0.3 is 10.6 Å². The number of hydrogen-bond donors (Lipinski definition) is 2. The Morgan fingerprint density at radius 1 is 1.47 bits per heavy atom. The Bertz CT molecular complexity index is 428. The standard InChI is InChI=1S/C14H20N2OS.ClH/c1-10(9-15-2)14(17)16-12-7-8-18-13-6-4-3-5-11(12)13;/h3-6,10,12,15H,7-9H2,1-2H3,(H,16,17);1H. The second-order valence-corrected chi connectivity index (χ2v) is 5.83. The first-order chi connectivity index (χ1) is 8.72. The zero-order valence-corrected chi connectivity index (χ0v) is 12.9. The Morgan fingerprint density at radius 3 is 2.95 bits per heavy atom. The minimum atomic E-state index is 0. The molecule has 0 aromatic heterocycles. The summed E-state index contributed by atoms with van der Waals surface area (Å²) in [5.41, 5.74) is 1.26. The van der Waals surface area contributed by atoms with Gasteiger partial charge in [0.1, 0.15) is 0 Å². The van der Waals surface area contributed by atoms with Crippen LogP contribution in [0.2, 0.25) is 0 Å². The highest BCUT2D eigenvalue weighted by Gasteiger charge is 2.23. The predicted octanol–water partition coefficient (Wildman–Crippen LogP) is 2.62. The summed E-state index contributed by atoms with van der Waals surface area (Å²) in [6.45, 7) is 2.67. The topological polar surface area (TPSA) is 41.1 Å². The molecule has 0 bridgehead atoms. The Labute approximate surface area is 125 Å². The van der Waals surface area contributed by atoms with Crippen molar-refractivity contribution in [2.24, 2.45) is 5.92 Å². The van der Waals surface area contributed by atoms with Crippen molar-refractivity contribution in [3.63, 3.8) is 0 Å². The molecular formula is C14H21ClN2OS. The quantitative estimate of drug-likeness (QED) is 0.898. The number of carbonyl (C=O) groups is 1. The van der Waals surface area contributed by atoms with Gasteiger partial charge in [0, 0.05) is 23.1 Å². The molecule has 1 aromatic carbocycles. The van der Waals surface area contributed by atoms with Gasteiger partial charge in [-0.3, -0.25) is 4.79 Å². The number of rotatable bonds is 4. The van der Waals surface area contributed by atoms with Gasteiger partial charge in [-0.2, -0.15) is 0 Å². The summed E-state index contributed by atoms with van der Waals surface area (Å²) in [6, 6.07) is 8.53. The number of hydrogen-bond acceptors (Lipinski definition) is 3.